The standard InChI is InChI=1S/C16H25NO2S/c1-12(2)10-15(11-13(3)4)17-20(18,19)16-8-6-14(5)7-9-16/h6-9,12-13H,10-11H2,1-5H3. The summed E-state index contributed by atoms with van der Waals surface area (Å²) < 4.78 is 28.7. The van der Waals surface area contributed by atoms with Crippen LogP contribution < -0.4 is 0 Å². The lowest BCUT2D eigenvalue weighted by Gasteiger charge is -2.11. The third-order valence-corrected chi connectivity index (χ3v) is 4.22. The van der Waals surface area contributed by atoms with Gasteiger partial charge in [0.25, 0.3) is 10.0 Å². The monoisotopic (exact) mass is 295 g/mol. The summed E-state index contributed by atoms with van der Waals surface area (Å²) in [6, 6.07) is 6.84. The van der Waals surface area contributed by atoms with Crippen molar-refractivity contribution in [2.75, 3.05) is 0 Å². The van der Waals surface area contributed by atoms with Crippen molar-refractivity contribution in [3.63, 3.8) is 0 Å². The molecule has 1 rings (SSSR count). The zero-order chi connectivity index (χ0) is 15.3. The van der Waals surface area contributed by atoms with Crippen molar-refractivity contribution >= 4 is 15.7 Å². The van der Waals surface area contributed by atoms with Crippen LogP contribution in [0.2, 0.25) is 0 Å². The largest absolute Gasteiger partial charge is 0.282 e. The molecule has 1 aromatic rings. The minimum atomic E-state index is -3.58. The quantitative estimate of drug-likeness (QED) is 0.738. The SMILES string of the molecule is Cc1ccc(S(=O)(=O)N=C(CC(C)C)CC(C)C)cc1. The Bertz CT molecular complexity index is 543. The lowest BCUT2D eigenvalue weighted by molar-refractivity contribution is 0.595. The second-order valence-electron chi connectivity index (χ2n) is 6.14. The molecule has 0 aliphatic rings. The first-order valence-corrected chi connectivity index (χ1v) is 8.54. The van der Waals surface area contributed by atoms with Crippen LogP contribution in [0, 0.1) is 18.8 Å². The minimum Gasteiger partial charge on any atom is -0.199 e. The van der Waals surface area contributed by atoms with E-state index in [0.29, 0.717) is 11.8 Å². The highest BCUT2D eigenvalue weighted by atomic mass is 32.2. The van der Waals surface area contributed by atoms with Crippen LogP contribution in [0.15, 0.2) is 33.6 Å². The molecule has 3 nitrogen and oxygen atoms in total. The van der Waals surface area contributed by atoms with Gasteiger partial charge in [0.1, 0.15) is 0 Å². The Kier molecular flexibility index (Phi) is 5.93. The fourth-order valence-electron chi connectivity index (χ4n) is 2.03. The zero-order valence-corrected chi connectivity index (χ0v) is 13.9. The Balaban J connectivity index is 3.09. The third kappa shape index (κ3) is 5.45. The van der Waals surface area contributed by atoms with Crippen LogP contribution in [-0.2, 0) is 10.0 Å². The number of hydrogen-bond donors (Lipinski definition) is 0. The molecule has 0 aliphatic carbocycles. The highest BCUT2D eigenvalue weighted by Gasteiger charge is 2.15. The van der Waals surface area contributed by atoms with Gasteiger partial charge in [0.2, 0.25) is 0 Å². The molecule has 4 heteroatoms. The molecular formula is C16H25NO2S. The van der Waals surface area contributed by atoms with E-state index in [0.717, 1.165) is 24.1 Å². The van der Waals surface area contributed by atoms with Gasteiger partial charge in [-0.3, -0.25) is 0 Å². The zero-order valence-electron chi connectivity index (χ0n) is 13.1. The maximum atomic E-state index is 12.3. The fraction of sp³-hybridized carbons (Fsp3) is 0.562. The number of sulfonamides is 1. The van der Waals surface area contributed by atoms with Crippen molar-refractivity contribution in [2.45, 2.75) is 52.4 Å². The first-order valence-electron chi connectivity index (χ1n) is 7.10. The van der Waals surface area contributed by atoms with E-state index in [2.05, 4.69) is 32.1 Å². The molecule has 0 aromatic heterocycles. The summed E-state index contributed by atoms with van der Waals surface area (Å²) in [5.74, 6) is 0.807. The lowest BCUT2D eigenvalue weighted by Crippen LogP contribution is -2.10. The van der Waals surface area contributed by atoms with Gasteiger partial charge in [-0.2, -0.15) is 12.8 Å². The first-order chi connectivity index (χ1) is 9.20. The van der Waals surface area contributed by atoms with Crippen LogP contribution in [0.1, 0.15) is 46.1 Å². The number of aryl methyl sites for hydroxylation is 1. The van der Waals surface area contributed by atoms with Crippen molar-refractivity contribution in [1.29, 1.82) is 0 Å². The Morgan fingerprint density at radius 1 is 1.00 bits per heavy atom. The van der Waals surface area contributed by atoms with Gasteiger partial charge in [0.15, 0.2) is 0 Å². The van der Waals surface area contributed by atoms with Gasteiger partial charge in [0.05, 0.1) is 4.90 Å². The molecule has 20 heavy (non-hydrogen) atoms. The molecule has 112 valence electrons. The summed E-state index contributed by atoms with van der Waals surface area (Å²) in [4.78, 5) is 0.271. The van der Waals surface area contributed by atoms with Crippen molar-refractivity contribution in [1.82, 2.24) is 0 Å². The summed E-state index contributed by atoms with van der Waals surface area (Å²) >= 11 is 0. The number of rotatable bonds is 6. The summed E-state index contributed by atoms with van der Waals surface area (Å²) in [5.41, 5.74) is 1.81. The van der Waals surface area contributed by atoms with Crippen LogP contribution >= 0.6 is 0 Å². The Morgan fingerprint density at radius 2 is 1.45 bits per heavy atom. The predicted octanol–water partition coefficient (Wildman–Crippen LogP) is 4.22. The molecule has 0 fully saturated rings. The van der Waals surface area contributed by atoms with E-state index in [9.17, 15) is 8.42 Å². The molecule has 0 N–H and O–H groups in total. The van der Waals surface area contributed by atoms with E-state index in [1.807, 2.05) is 6.92 Å². The summed E-state index contributed by atoms with van der Waals surface area (Å²) in [7, 11) is -3.58. The van der Waals surface area contributed by atoms with Crippen LogP contribution in [0.4, 0.5) is 0 Å². The molecule has 0 bridgehead atoms. The van der Waals surface area contributed by atoms with Gasteiger partial charge in [-0.1, -0.05) is 45.4 Å². The number of benzene rings is 1. The maximum absolute atomic E-state index is 12.3. The Morgan fingerprint density at radius 3 is 1.85 bits per heavy atom. The highest BCUT2D eigenvalue weighted by Crippen LogP contribution is 2.17. The van der Waals surface area contributed by atoms with Crippen LogP contribution in [0.25, 0.3) is 0 Å². The van der Waals surface area contributed by atoms with Gasteiger partial charge in [-0.05, 0) is 43.7 Å². The molecule has 0 heterocycles. The molecule has 0 spiro atoms. The topological polar surface area (TPSA) is 46.5 Å². The number of nitrogens with zero attached hydrogens (tertiary/aromatic N) is 1. The van der Waals surface area contributed by atoms with E-state index < -0.39 is 10.0 Å². The van der Waals surface area contributed by atoms with Gasteiger partial charge >= 0.3 is 0 Å². The van der Waals surface area contributed by atoms with E-state index in [1.165, 1.54) is 0 Å². The first kappa shape index (κ1) is 16.9. The highest BCUT2D eigenvalue weighted by molar-refractivity contribution is 7.90. The summed E-state index contributed by atoms with van der Waals surface area (Å²) in [6.07, 6.45) is 1.45. The molecule has 0 atom stereocenters. The van der Waals surface area contributed by atoms with E-state index in [-0.39, 0.29) is 4.90 Å². The van der Waals surface area contributed by atoms with E-state index in [4.69, 9.17) is 0 Å². The van der Waals surface area contributed by atoms with Crippen molar-refractivity contribution in [3.05, 3.63) is 29.8 Å². The van der Waals surface area contributed by atoms with Gasteiger partial charge < -0.3 is 0 Å². The summed E-state index contributed by atoms with van der Waals surface area (Å²) in [6.45, 7) is 10.2. The second-order valence-corrected chi connectivity index (χ2v) is 7.75. The van der Waals surface area contributed by atoms with Crippen LogP contribution in [0.5, 0.6) is 0 Å². The molecule has 0 amide bonds. The molecule has 1 aromatic carbocycles. The van der Waals surface area contributed by atoms with Gasteiger partial charge in [-0.15, -0.1) is 0 Å². The molecule has 0 saturated carbocycles. The Hall–Kier alpha value is -1.16. The predicted molar refractivity (Wildman–Crippen MR) is 84.7 cm³/mol. The molecular weight excluding hydrogens is 270 g/mol. The molecule has 0 unspecified atom stereocenters. The van der Waals surface area contributed by atoms with E-state index >= 15 is 0 Å². The van der Waals surface area contributed by atoms with Gasteiger partial charge in [0, 0.05) is 5.71 Å². The van der Waals surface area contributed by atoms with E-state index in [1.54, 1.807) is 24.3 Å². The second kappa shape index (κ2) is 7.02. The smallest absolute Gasteiger partial charge is 0.199 e. The molecule has 0 radical (unpaired) electrons. The minimum absolute atomic E-state index is 0.271. The normalized spacial score (nSPS) is 11.9. The molecule has 0 aliphatic heterocycles. The average molecular weight is 295 g/mol. The summed E-state index contributed by atoms with van der Waals surface area (Å²) in [5, 5.41) is 0. The fourth-order valence-corrected chi connectivity index (χ4v) is 3.11. The third-order valence-electron chi connectivity index (χ3n) is 2.86. The Labute approximate surface area is 123 Å². The van der Waals surface area contributed by atoms with Gasteiger partial charge in [-0.25, -0.2) is 0 Å². The van der Waals surface area contributed by atoms with Crippen molar-refractivity contribution in [3.8, 4) is 0 Å². The lowest BCUT2D eigenvalue weighted by atomic mass is 9.99. The van der Waals surface area contributed by atoms with Crippen molar-refractivity contribution < 1.29 is 8.42 Å². The van der Waals surface area contributed by atoms with Crippen LogP contribution in [-0.4, -0.2) is 14.1 Å². The average Bonchev–Trinajstić information content (AvgIpc) is 2.26. The van der Waals surface area contributed by atoms with Crippen LogP contribution in [0.3, 0.4) is 0 Å². The maximum Gasteiger partial charge on any atom is 0.282 e. The van der Waals surface area contributed by atoms with Crippen molar-refractivity contribution in [2.24, 2.45) is 16.2 Å². The molecule has 0 saturated heterocycles. The number of hydrogen-bond acceptors (Lipinski definition) is 2.